The zero-order valence-electron chi connectivity index (χ0n) is 24.0. The molecule has 1 amide bonds. The largest absolute Gasteiger partial charge is 0.407 e. The summed E-state index contributed by atoms with van der Waals surface area (Å²) in [7, 11) is -3.41. The molecule has 0 aliphatic heterocycles. The molecule has 12 heteroatoms. The Kier molecular flexibility index (Phi) is 10.8. The van der Waals surface area contributed by atoms with Gasteiger partial charge in [0.25, 0.3) is 0 Å². The third-order valence-electron chi connectivity index (χ3n) is 6.68. The molecule has 43 heavy (non-hydrogen) atoms. The van der Waals surface area contributed by atoms with Crippen LogP contribution < -0.4 is 10.6 Å². The van der Waals surface area contributed by atoms with E-state index in [0.717, 1.165) is 20.1 Å². The lowest BCUT2D eigenvalue weighted by Crippen LogP contribution is -2.53. The first-order valence-electron chi connectivity index (χ1n) is 13.4. The van der Waals surface area contributed by atoms with Crippen LogP contribution in [0.4, 0.5) is 22.0 Å². The molecule has 3 aromatic carbocycles. The molecule has 0 aliphatic carbocycles. The molecule has 0 heterocycles. The van der Waals surface area contributed by atoms with E-state index in [-0.39, 0.29) is 29.0 Å². The molecule has 3 aromatic rings. The van der Waals surface area contributed by atoms with Gasteiger partial charge < -0.3 is 5.32 Å². The van der Waals surface area contributed by atoms with Crippen molar-refractivity contribution in [2.45, 2.75) is 61.6 Å². The SMILES string of the molecule is C=NC[C@H](Cc1ccccc1F)NC(=O)[C@H](CC(C)(C)F)N[C@@H](c1ccc(-c2ccc(S(C)(=O)=O)cc2)cc1)C(F)(F)F. The second-order valence-electron chi connectivity index (χ2n) is 10.9. The van der Waals surface area contributed by atoms with Crippen LogP contribution in [0.3, 0.4) is 0 Å². The summed E-state index contributed by atoms with van der Waals surface area (Å²) in [5.41, 5.74) is -0.828. The molecule has 3 rings (SSSR count). The number of nitrogens with zero attached hydrogens (tertiary/aromatic N) is 1. The fourth-order valence-electron chi connectivity index (χ4n) is 4.60. The van der Waals surface area contributed by atoms with E-state index in [9.17, 15) is 35.2 Å². The smallest absolute Gasteiger partial charge is 0.350 e. The van der Waals surface area contributed by atoms with Gasteiger partial charge in [-0.2, -0.15) is 13.2 Å². The van der Waals surface area contributed by atoms with E-state index in [4.69, 9.17) is 0 Å². The number of hydrogen-bond acceptors (Lipinski definition) is 5. The van der Waals surface area contributed by atoms with E-state index < -0.39 is 58.0 Å². The van der Waals surface area contributed by atoms with E-state index in [0.29, 0.717) is 11.1 Å². The van der Waals surface area contributed by atoms with Gasteiger partial charge in [0.05, 0.1) is 23.5 Å². The minimum Gasteiger partial charge on any atom is -0.350 e. The zero-order chi connectivity index (χ0) is 32.0. The molecule has 0 radical (unpaired) electrons. The number of sulfone groups is 1. The van der Waals surface area contributed by atoms with E-state index in [1.165, 1.54) is 54.6 Å². The van der Waals surface area contributed by atoms with Gasteiger partial charge >= 0.3 is 6.18 Å². The van der Waals surface area contributed by atoms with Crippen LogP contribution in [0.1, 0.15) is 37.4 Å². The Morgan fingerprint density at radius 3 is 1.98 bits per heavy atom. The molecule has 232 valence electrons. The van der Waals surface area contributed by atoms with Crippen molar-refractivity contribution in [2.75, 3.05) is 12.8 Å². The summed E-state index contributed by atoms with van der Waals surface area (Å²) in [6, 6.07) is 12.4. The van der Waals surface area contributed by atoms with Crippen LogP contribution in [0.25, 0.3) is 11.1 Å². The molecule has 0 unspecified atom stereocenters. The highest BCUT2D eigenvalue weighted by Gasteiger charge is 2.44. The Hall–Kier alpha value is -3.64. The summed E-state index contributed by atoms with van der Waals surface area (Å²) in [5.74, 6) is -1.41. The minimum absolute atomic E-state index is 0.00149. The average molecular weight is 624 g/mol. The number of aliphatic imine (C=N–C) groups is 1. The molecule has 0 saturated carbocycles. The number of alkyl halides is 4. The minimum atomic E-state index is -4.85. The molecule has 0 spiro atoms. The first-order valence-corrected chi connectivity index (χ1v) is 15.3. The number of nitrogens with one attached hydrogen (secondary N) is 2. The third kappa shape index (κ3) is 9.96. The lowest BCUT2D eigenvalue weighted by atomic mass is 9.96. The molecular weight excluding hydrogens is 589 g/mol. The lowest BCUT2D eigenvalue weighted by molar-refractivity contribution is -0.161. The standard InChI is InChI=1S/C31H34F5N3O3S/c1-30(2,33)18-27(29(40)38-24(19-37-3)17-23-7-5-6-8-26(23)32)39-28(31(34,35)36)22-11-9-20(10-12-22)21-13-15-25(16-14-21)43(4,41)42/h5-16,24,27-28,39H,3,17-19H2,1-2,4H3,(H,38,40)/t24-,27-,28-/m0/s1. The lowest BCUT2D eigenvalue weighted by Gasteiger charge is -2.31. The number of halogens is 5. The number of carbonyl (C=O) groups is 1. The number of benzene rings is 3. The van der Waals surface area contributed by atoms with Crippen molar-refractivity contribution in [3.8, 4) is 11.1 Å². The predicted molar refractivity (Wildman–Crippen MR) is 157 cm³/mol. The summed E-state index contributed by atoms with van der Waals surface area (Å²) >= 11 is 0. The van der Waals surface area contributed by atoms with Crippen LogP contribution in [-0.4, -0.2) is 57.8 Å². The number of amides is 1. The van der Waals surface area contributed by atoms with Gasteiger partial charge in [0, 0.05) is 12.7 Å². The highest BCUT2D eigenvalue weighted by Crippen LogP contribution is 2.35. The van der Waals surface area contributed by atoms with Gasteiger partial charge in [-0.25, -0.2) is 17.2 Å². The normalized spacial score (nSPS) is 14.5. The molecule has 6 nitrogen and oxygen atoms in total. The third-order valence-corrected chi connectivity index (χ3v) is 7.81. The van der Waals surface area contributed by atoms with Gasteiger partial charge in [0.15, 0.2) is 9.84 Å². The molecule has 0 saturated heterocycles. The monoisotopic (exact) mass is 623 g/mol. The predicted octanol–water partition coefficient (Wildman–Crippen LogP) is 6.02. The molecule has 0 fully saturated rings. The van der Waals surface area contributed by atoms with Crippen LogP contribution >= 0.6 is 0 Å². The second-order valence-corrected chi connectivity index (χ2v) is 13.0. The Labute approximate surface area is 248 Å². The fourth-order valence-corrected chi connectivity index (χ4v) is 5.23. The number of hydrogen-bond donors (Lipinski definition) is 2. The first-order chi connectivity index (χ1) is 20.0. The van der Waals surface area contributed by atoms with Crippen molar-refractivity contribution in [3.63, 3.8) is 0 Å². The summed E-state index contributed by atoms with van der Waals surface area (Å²) in [6.07, 6.45) is -4.37. The van der Waals surface area contributed by atoms with E-state index >= 15 is 0 Å². The van der Waals surface area contributed by atoms with Crippen molar-refractivity contribution >= 4 is 22.5 Å². The summed E-state index contributed by atoms with van der Waals surface area (Å²) in [4.78, 5) is 17.2. The molecule has 2 N–H and O–H groups in total. The topological polar surface area (TPSA) is 87.6 Å². The van der Waals surface area contributed by atoms with Gasteiger partial charge in [0.1, 0.15) is 17.5 Å². The van der Waals surface area contributed by atoms with E-state index in [1.807, 2.05) is 0 Å². The summed E-state index contributed by atoms with van der Waals surface area (Å²) in [5, 5.41) is 4.90. The average Bonchev–Trinajstić information content (AvgIpc) is 2.91. The van der Waals surface area contributed by atoms with Gasteiger partial charge in [-0.15, -0.1) is 0 Å². The van der Waals surface area contributed by atoms with Gasteiger partial charge in [-0.1, -0.05) is 54.6 Å². The summed E-state index contributed by atoms with van der Waals surface area (Å²) < 4.78 is 95.5. The Morgan fingerprint density at radius 1 is 0.930 bits per heavy atom. The van der Waals surface area contributed by atoms with Crippen LogP contribution in [0.15, 0.2) is 82.7 Å². The van der Waals surface area contributed by atoms with Crippen molar-refractivity contribution in [3.05, 3.63) is 89.7 Å². The highest BCUT2D eigenvalue weighted by atomic mass is 32.2. The van der Waals surface area contributed by atoms with Crippen molar-refractivity contribution < 1.29 is 35.2 Å². The Morgan fingerprint density at radius 2 is 1.49 bits per heavy atom. The molecular formula is C31H34F5N3O3S. The van der Waals surface area contributed by atoms with Crippen molar-refractivity contribution in [1.82, 2.24) is 10.6 Å². The Bertz CT molecular complexity index is 1500. The van der Waals surface area contributed by atoms with E-state index in [2.05, 4.69) is 22.3 Å². The van der Waals surface area contributed by atoms with Crippen LogP contribution in [0.5, 0.6) is 0 Å². The second kappa shape index (κ2) is 13.8. The Balaban J connectivity index is 1.87. The van der Waals surface area contributed by atoms with Crippen LogP contribution in [0.2, 0.25) is 0 Å². The maximum atomic E-state index is 14.8. The maximum Gasteiger partial charge on any atom is 0.407 e. The number of rotatable bonds is 13. The van der Waals surface area contributed by atoms with Gasteiger partial charge in [0.2, 0.25) is 5.91 Å². The first kappa shape index (κ1) is 33.9. The highest BCUT2D eigenvalue weighted by molar-refractivity contribution is 7.90. The van der Waals surface area contributed by atoms with E-state index in [1.54, 1.807) is 18.2 Å². The van der Waals surface area contributed by atoms with Crippen molar-refractivity contribution in [1.29, 1.82) is 0 Å². The van der Waals surface area contributed by atoms with Crippen LogP contribution in [0, 0.1) is 5.82 Å². The van der Waals surface area contributed by atoms with Crippen molar-refractivity contribution in [2.24, 2.45) is 4.99 Å². The molecule has 0 bridgehead atoms. The molecule has 0 aliphatic rings. The number of carbonyl (C=O) groups excluding carboxylic acids is 1. The maximum absolute atomic E-state index is 14.8. The fraction of sp³-hybridized carbons (Fsp3) is 0.355. The van der Waals surface area contributed by atoms with Gasteiger partial charge in [-0.3, -0.25) is 15.1 Å². The quantitative estimate of drug-likeness (QED) is 0.180. The molecule has 0 aromatic heterocycles. The summed E-state index contributed by atoms with van der Waals surface area (Å²) in [6.45, 7) is 5.67. The van der Waals surface area contributed by atoms with Gasteiger partial charge in [-0.05, 0) is 67.4 Å². The zero-order valence-corrected chi connectivity index (χ0v) is 24.8. The van der Waals surface area contributed by atoms with Crippen LogP contribution in [-0.2, 0) is 21.1 Å². The molecule has 3 atom stereocenters.